The van der Waals surface area contributed by atoms with Gasteiger partial charge in [-0.3, -0.25) is 0 Å². The summed E-state index contributed by atoms with van der Waals surface area (Å²) in [5, 5.41) is 0. The Labute approximate surface area is 92.3 Å². The van der Waals surface area contributed by atoms with Crippen LogP contribution in [0.5, 0.6) is 5.75 Å². The molecule has 0 N–H and O–H groups in total. The molecular formula is C13H9F2O. The fourth-order valence-electron chi connectivity index (χ4n) is 1.54. The molecule has 0 saturated heterocycles. The lowest BCUT2D eigenvalue weighted by Gasteiger charge is -2.08. The van der Waals surface area contributed by atoms with E-state index in [1.807, 2.05) is 6.07 Å². The average Bonchev–Trinajstić information content (AvgIpc) is 2.27. The zero-order chi connectivity index (χ0) is 11.5. The van der Waals surface area contributed by atoms with Gasteiger partial charge in [-0.05, 0) is 23.8 Å². The van der Waals surface area contributed by atoms with Crippen molar-refractivity contribution < 1.29 is 13.5 Å². The van der Waals surface area contributed by atoms with Crippen LogP contribution in [-0.2, 0) is 0 Å². The van der Waals surface area contributed by atoms with Crippen LogP contribution in [0.25, 0.3) is 11.1 Å². The Morgan fingerprint density at radius 3 is 2.31 bits per heavy atom. The predicted molar refractivity (Wildman–Crippen MR) is 57.2 cm³/mol. The number of hydrogen-bond acceptors (Lipinski definition) is 1. The lowest BCUT2D eigenvalue weighted by Crippen LogP contribution is -1.89. The maximum atomic E-state index is 13.0. The minimum Gasteiger partial charge on any atom is -0.496 e. The van der Waals surface area contributed by atoms with Gasteiger partial charge in [0.15, 0.2) is 0 Å². The number of halogens is 2. The lowest BCUT2D eigenvalue weighted by atomic mass is 10.0. The summed E-state index contributed by atoms with van der Waals surface area (Å²) >= 11 is 0. The Morgan fingerprint density at radius 1 is 1.06 bits per heavy atom. The Bertz CT molecular complexity index is 489. The van der Waals surface area contributed by atoms with Crippen LogP contribution in [0.3, 0.4) is 0 Å². The molecule has 0 unspecified atom stereocenters. The van der Waals surface area contributed by atoms with E-state index in [9.17, 15) is 8.78 Å². The summed E-state index contributed by atoms with van der Waals surface area (Å²) < 4.78 is 31.2. The van der Waals surface area contributed by atoms with Gasteiger partial charge in [0.2, 0.25) is 0 Å². The minimum absolute atomic E-state index is 0.436. The van der Waals surface area contributed by atoms with Crippen LogP contribution in [0.15, 0.2) is 36.4 Å². The maximum absolute atomic E-state index is 13.0. The van der Waals surface area contributed by atoms with Crippen molar-refractivity contribution in [2.75, 3.05) is 7.11 Å². The Kier molecular flexibility index (Phi) is 2.86. The van der Waals surface area contributed by atoms with Gasteiger partial charge in [-0.2, -0.15) is 0 Å². The van der Waals surface area contributed by atoms with Gasteiger partial charge in [-0.15, -0.1) is 0 Å². The molecule has 3 heteroatoms. The summed E-state index contributed by atoms with van der Waals surface area (Å²) in [6.07, 6.45) is 0. The third-order valence-corrected chi connectivity index (χ3v) is 2.22. The van der Waals surface area contributed by atoms with E-state index in [1.54, 1.807) is 24.3 Å². The highest BCUT2D eigenvalue weighted by molar-refractivity contribution is 5.70. The zero-order valence-electron chi connectivity index (χ0n) is 8.63. The molecule has 2 rings (SSSR count). The molecule has 1 radical (unpaired) electrons. The average molecular weight is 219 g/mol. The minimum atomic E-state index is -0.721. The van der Waals surface area contributed by atoms with Gasteiger partial charge in [-0.1, -0.05) is 18.2 Å². The van der Waals surface area contributed by atoms with Gasteiger partial charge >= 0.3 is 0 Å². The van der Waals surface area contributed by atoms with Crippen molar-refractivity contribution in [1.82, 2.24) is 0 Å². The van der Waals surface area contributed by atoms with Crippen molar-refractivity contribution in [3.8, 4) is 16.9 Å². The molecule has 0 fully saturated rings. The molecule has 0 aliphatic rings. The summed E-state index contributed by atoms with van der Waals surface area (Å²) in [6.45, 7) is 0. The molecule has 0 amide bonds. The van der Waals surface area contributed by atoms with E-state index < -0.39 is 11.6 Å². The molecule has 81 valence electrons. The van der Waals surface area contributed by atoms with Crippen molar-refractivity contribution in [2.24, 2.45) is 0 Å². The van der Waals surface area contributed by atoms with Crippen LogP contribution >= 0.6 is 0 Å². The first-order valence-corrected chi connectivity index (χ1v) is 4.72. The van der Waals surface area contributed by atoms with Crippen molar-refractivity contribution >= 4 is 0 Å². The van der Waals surface area contributed by atoms with Crippen LogP contribution in [0, 0.1) is 17.7 Å². The molecule has 0 spiro atoms. The van der Waals surface area contributed by atoms with Crippen molar-refractivity contribution in [1.29, 1.82) is 0 Å². The second-order valence-corrected chi connectivity index (χ2v) is 3.27. The van der Waals surface area contributed by atoms with E-state index >= 15 is 0 Å². The van der Waals surface area contributed by atoms with Crippen LogP contribution in [0.2, 0.25) is 0 Å². The van der Waals surface area contributed by atoms with E-state index in [0.717, 1.165) is 0 Å². The Morgan fingerprint density at radius 2 is 1.69 bits per heavy atom. The van der Waals surface area contributed by atoms with Gasteiger partial charge < -0.3 is 4.74 Å². The molecule has 0 aliphatic heterocycles. The molecular weight excluding hydrogens is 210 g/mol. The molecule has 16 heavy (non-hydrogen) atoms. The molecule has 1 nitrogen and oxygen atoms in total. The van der Waals surface area contributed by atoms with Crippen LogP contribution in [0.1, 0.15) is 0 Å². The van der Waals surface area contributed by atoms with Crippen LogP contribution in [0.4, 0.5) is 8.78 Å². The van der Waals surface area contributed by atoms with E-state index in [2.05, 4.69) is 0 Å². The molecule has 0 saturated carbocycles. The molecule has 0 aliphatic carbocycles. The number of rotatable bonds is 2. The van der Waals surface area contributed by atoms with Gasteiger partial charge in [0.1, 0.15) is 17.4 Å². The number of methoxy groups -OCH3 is 1. The highest BCUT2D eigenvalue weighted by Gasteiger charge is 2.07. The highest BCUT2D eigenvalue weighted by Crippen LogP contribution is 2.30. The van der Waals surface area contributed by atoms with Crippen LogP contribution in [-0.4, -0.2) is 7.11 Å². The Balaban J connectivity index is 2.58. The summed E-state index contributed by atoms with van der Waals surface area (Å²) in [6, 6.07) is 11.4. The summed E-state index contributed by atoms with van der Waals surface area (Å²) in [4.78, 5) is 0. The standard InChI is InChI=1S/C13H9F2O/c1-16-13-5-3-2-4-12(13)9-6-10(14)8-11(15)7-9/h2-7H,1H3. The summed E-state index contributed by atoms with van der Waals surface area (Å²) in [7, 11) is 1.51. The van der Waals surface area contributed by atoms with Crippen molar-refractivity contribution in [3.63, 3.8) is 0 Å². The van der Waals surface area contributed by atoms with E-state index in [4.69, 9.17) is 4.74 Å². The summed E-state index contributed by atoms with van der Waals surface area (Å²) in [5.41, 5.74) is 1.09. The Hall–Kier alpha value is -1.90. The van der Waals surface area contributed by atoms with Crippen molar-refractivity contribution in [2.45, 2.75) is 0 Å². The first-order valence-electron chi connectivity index (χ1n) is 4.72. The molecule has 0 bridgehead atoms. The number of benzene rings is 2. The van der Waals surface area contributed by atoms with E-state index in [0.29, 0.717) is 16.9 Å². The van der Waals surface area contributed by atoms with Gasteiger partial charge in [0, 0.05) is 5.56 Å². The third-order valence-electron chi connectivity index (χ3n) is 2.22. The smallest absolute Gasteiger partial charge is 0.134 e. The normalized spacial score (nSPS) is 10.2. The fraction of sp³-hybridized carbons (Fsp3) is 0.0769. The fourth-order valence-corrected chi connectivity index (χ4v) is 1.54. The molecule has 0 aromatic heterocycles. The van der Waals surface area contributed by atoms with Gasteiger partial charge in [-0.25, -0.2) is 8.78 Å². The third kappa shape index (κ3) is 2.03. The summed E-state index contributed by atoms with van der Waals surface area (Å²) in [5.74, 6) is -0.866. The maximum Gasteiger partial charge on any atom is 0.134 e. The highest BCUT2D eigenvalue weighted by atomic mass is 19.1. The predicted octanol–water partition coefficient (Wildman–Crippen LogP) is 3.44. The largest absolute Gasteiger partial charge is 0.496 e. The number of hydrogen-bond donors (Lipinski definition) is 0. The molecule has 2 aromatic carbocycles. The SMILES string of the molecule is COc1ccccc1-c1cc(F)[c]c(F)c1. The monoisotopic (exact) mass is 219 g/mol. The van der Waals surface area contributed by atoms with Gasteiger partial charge in [0.25, 0.3) is 0 Å². The first kappa shape index (κ1) is 10.6. The molecule has 0 heterocycles. The zero-order valence-corrected chi connectivity index (χ0v) is 8.63. The van der Waals surface area contributed by atoms with Crippen molar-refractivity contribution in [3.05, 3.63) is 54.1 Å². The topological polar surface area (TPSA) is 9.23 Å². The number of ether oxygens (including phenoxy) is 1. The van der Waals surface area contributed by atoms with E-state index in [-0.39, 0.29) is 0 Å². The lowest BCUT2D eigenvalue weighted by molar-refractivity contribution is 0.416. The van der Waals surface area contributed by atoms with Gasteiger partial charge in [0.05, 0.1) is 13.2 Å². The van der Waals surface area contributed by atoms with Crippen LogP contribution < -0.4 is 4.74 Å². The molecule has 2 aromatic rings. The van der Waals surface area contributed by atoms with E-state index in [1.165, 1.54) is 19.2 Å². The second kappa shape index (κ2) is 4.31. The quantitative estimate of drug-likeness (QED) is 0.751. The number of para-hydroxylation sites is 1. The molecule has 0 atom stereocenters. The first-order chi connectivity index (χ1) is 7.70. The second-order valence-electron chi connectivity index (χ2n) is 3.27.